The van der Waals surface area contributed by atoms with Crippen molar-refractivity contribution < 1.29 is 19.4 Å². The molecule has 1 saturated heterocycles. The van der Waals surface area contributed by atoms with Gasteiger partial charge in [0.2, 0.25) is 0 Å². The summed E-state index contributed by atoms with van der Waals surface area (Å²) in [5.74, 6) is -0.538. The Balaban J connectivity index is 2.07. The van der Waals surface area contributed by atoms with Gasteiger partial charge in [-0.25, -0.2) is 4.79 Å². The number of hydrogen-bond donors (Lipinski definition) is 1. The van der Waals surface area contributed by atoms with E-state index in [1.54, 1.807) is 0 Å². The van der Waals surface area contributed by atoms with Gasteiger partial charge in [0.05, 0.1) is 0 Å². The Morgan fingerprint density at radius 1 is 1.00 bits per heavy atom. The molecule has 1 aliphatic heterocycles. The molecule has 0 aliphatic carbocycles. The van der Waals surface area contributed by atoms with Crippen molar-refractivity contribution in [3.05, 3.63) is 71.8 Å². The van der Waals surface area contributed by atoms with Gasteiger partial charge in [0, 0.05) is 0 Å². The van der Waals surface area contributed by atoms with Crippen molar-refractivity contribution in [2.75, 3.05) is 6.54 Å². The van der Waals surface area contributed by atoms with Crippen molar-refractivity contribution in [3.8, 4) is 0 Å². The van der Waals surface area contributed by atoms with Crippen molar-refractivity contribution in [2.24, 2.45) is 0 Å². The number of carboxylic acid groups (broad SMARTS) is 1. The second-order valence-corrected chi connectivity index (χ2v) is 5.09. The van der Waals surface area contributed by atoms with Crippen molar-refractivity contribution in [1.82, 2.24) is 4.90 Å². The second-order valence-electron chi connectivity index (χ2n) is 5.09. The fourth-order valence-electron chi connectivity index (χ4n) is 2.73. The van der Waals surface area contributed by atoms with Crippen LogP contribution in [-0.4, -0.2) is 28.6 Å². The quantitative estimate of drug-likeness (QED) is 0.865. The molecule has 0 unspecified atom stereocenters. The Morgan fingerprint density at radius 3 is 2.09 bits per heavy atom. The van der Waals surface area contributed by atoms with E-state index in [2.05, 4.69) is 0 Å². The van der Waals surface area contributed by atoms with Crippen LogP contribution in [-0.2, 0) is 9.53 Å². The van der Waals surface area contributed by atoms with Crippen LogP contribution < -0.4 is 0 Å². The highest BCUT2D eigenvalue weighted by Crippen LogP contribution is 2.39. The average molecular weight is 297 g/mol. The van der Waals surface area contributed by atoms with Crippen molar-refractivity contribution >= 4 is 12.1 Å². The van der Waals surface area contributed by atoms with E-state index in [0.29, 0.717) is 0 Å². The molecule has 112 valence electrons. The van der Waals surface area contributed by atoms with E-state index in [4.69, 9.17) is 4.74 Å². The third-order valence-electron chi connectivity index (χ3n) is 3.70. The number of rotatable bonds is 2. The summed E-state index contributed by atoms with van der Waals surface area (Å²) in [6.07, 6.45) is -1.78. The van der Waals surface area contributed by atoms with Crippen molar-refractivity contribution in [3.63, 3.8) is 0 Å². The van der Waals surface area contributed by atoms with E-state index in [1.807, 2.05) is 60.7 Å². The Kier molecular flexibility index (Phi) is 3.78. The summed E-state index contributed by atoms with van der Waals surface area (Å²) >= 11 is 0. The molecular weight excluding hydrogens is 282 g/mol. The van der Waals surface area contributed by atoms with Gasteiger partial charge in [-0.05, 0) is 11.1 Å². The number of carbonyl (C=O) groups is 2. The van der Waals surface area contributed by atoms with Crippen LogP contribution in [0.25, 0.3) is 0 Å². The molecule has 0 aromatic heterocycles. The normalized spacial score (nSPS) is 21.3. The Labute approximate surface area is 127 Å². The van der Waals surface area contributed by atoms with Gasteiger partial charge in [0.15, 0.2) is 6.10 Å². The SMILES string of the molecule is O=C1CN(C(=O)O)[C@H](c2ccccc2)[C@H](c2ccccc2)O1. The van der Waals surface area contributed by atoms with Gasteiger partial charge >= 0.3 is 12.1 Å². The van der Waals surface area contributed by atoms with Gasteiger partial charge in [-0.3, -0.25) is 9.69 Å². The topological polar surface area (TPSA) is 66.8 Å². The number of carbonyl (C=O) groups excluding carboxylic acids is 1. The molecule has 0 bridgehead atoms. The first-order chi connectivity index (χ1) is 10.7. The van der Waals surface area contributed by atoms with Crippen LogP contribution in [0.15, 0.2) is 60.7 Å². The van der Waals surface area contributed by atoms with Crippen LogP contribution in [0.2, 0.25) is 0 Å². The lowest BCUT2D eigenvalue weighted by molar-refractivity contribution is -0.164. The van der Waals surface area contributed by atoms with Gasteiger partial charge in [-0.15, -0.1) is 0 Å². The molecule has 3 rings (SSSR count). The van der Waals surface area contributed by atoms with Gasteiger partial charge < -0.3 is 9.84 Å². The Hall–Kier alpha value is -2.82. The molecule has 0 spiro atoms. The van der Waals surface area contributed by atoms with Crippen LogP contribution in [0.4, 0.5) is 4.79 Å². The van der Waals surface area contributed by atoms with E-state index < -0.39 is 24.2 Å². The van der Waals surface area contributed by atoms with Crippen molar-refractivity contribution in [1.29, 1.82) is 0 Å². The van der Waals surface area contributed by atoms with Gasteiger partial charge in [-0.2, -0.15) is 0 Å². The van der Waals surface area contributed by atoms with E-state index in [9.17, 15) is 14.7 Å². The summed E-state index contributed by atoms with van der Waals surface area (Å²) in [5, 5.41) is 9.47. The van der Waals surface area contributed by atoms with Gasteiger partial charge in [0.25, 0.3) is 0 Å². The highest BCUT2D eigenvalue weighted by Gasteiger charge is 2.41. The smallest absolute Gasteiger partial charge is 0.408 e. The lowest BCUT2D eigenvalue weighted by atomic mass is 9.93. The van der Waals surface area contributed by atoms with E-state index >= 15 is 0 Å². The third-order valence-corrected chi connectivity index (χ3v) is 3.70. The fraction of sp³-hybridized carbons (Fsp3) is 0.176. The maximum atomic E-state index is 11.8. The number of nitrogens with zero attached hydrogens (tertiary/aromatic N) is 1. The highest BCUT2D eigenvalue weighted by molar-refractivity contribution is 5.79. The molecule has 0 saturated carbocycles. The first kappa shape index (κ1) is 14.1. The number of cyclic esters (lactones) is 1. The summed E-state index contributed by atoms with van der Waals surface area (Å²) in [5.41, 5.74) is 1.57. The monoisotopic (exact) mass is 297 g/mol. The lowest BCUT2D eigenvalue weighted by Crippen LogP contribution is -2.46. The molecule has 0 radical (unpaired) electrons. The minimum atomic E-state index is -1.13. The predicted octanol–water partition coefficient (Wildman–Crippen LogP) is 3.01. The lowest BCUT2D eigenvalue weighted by Gasteiger charge is -2.39. The average Bonchev–Trinajstić information content (AvgIpc) is 2.55. The molecule has 5 heteroatoms. The molecule has 1 fully saturated rings. The summed E-state index contributed by atoms with van der Waals surface area (Å²) in [7, 11) is 0. The predicted molar refractivity (Wildman–Crippen MR) is 79.2 cm³/mol. The molecule has 2 aromatic carbocycles. The Morgan fingerprint density at radius 2 is 1.55 bits per heavy atom. The molecule has 22 heavy (non-hydrogen) atoms. The maximum Gasteiger partial charge on any atom is 0.408 e. The number of morpholine rings is 1. The molecule has 5 nitrogen and oxygen atoms in total. The zero-order chi connectivity index (χ0) is 15.5. The first-order valence-electron chi connectivity index (χ1n) is 6.96. The molecule has 1 N–H and O–H groups in total. The highest BCUT2D eigenvalue weighted by atomic mass is 16.6. The maximum absolute atomic E-state index is 11.8. The summed E-state index contributed by atoms with van der Waals surface area (Å²) in [6, 6.07) is 17.9. The van der Waals surface area contributed by atoms with E-state index in [-0.39, 0.29) is 6.54 Å². The zero-order valence-corrected chi connectivity index (χ0v) is 11.8. The van der Waals surface area contributed by atoms with Crippen molar-refractivity contribution in [2.45, 2.75) is 12.1 Å². The zero-order valence-electron chi connectivity index (χ0n) is 11.8. The molecule has 2 aromatic rings. The minimum Gasteiger partial charge on any atom is -0.465 e. The fourth-order valence-corrected chi connectivity index (χ4v) is 2.73. The van der Waals surface area contributed by atoms with Gasteiger partial charge in [-0.1, -0.05) is 60.7 Å². The summed E-state index contributed by atoms with van der Waals surface area (Å²) < 4.78 is 5.48. The number of hydrogen-bond acceptors (Lipinski definition) is 3. The number of amides is 1. The Bertz CT molecular complexity index is 670. The largest absolute Gasteiger partial charge is 0.465 e. The number of ether oxygens (including phenoxy) is 1. The third kappa shape index (κ3) is 2.65. The molecule has 1 heterocycles. The molecule has 1 amide bonds. The molecule has 2 atom stereocenters. The minimum absolute atomic E-state index is 0.266. The van der Waals surface area contributed by atoms with Crippen LogP contribution in [0, 0.1) is 0 Å². The van der Waals surface area contributed by atoms with E-state index in [0.717, 1.165) is 16.0 Å². The number of benzene rings is 2. The van der Waals surface area contributed by atoms with Crippen LogP contribution >= 0.6 is 0 Å². The standard InChI is InChI=1S/C17H15NO4/c19-14-11-18(17(20)21)15(12-7-3-1-4-8-12)16(22-14)13-9-5-2-6-10-13/h1-10,15-16H,11H2,(H,20,21)/t15-,16+/m1/s1. The first-order valence-corrected chi connectivity index (χ1v) is 6.96. The number of esters is 1. The van der Waals surface area contributed by atoms with Gasteiger partial charge in [0.1, 0.15) is 12.6 Å². The molecular formula is C17H15NO4. The summed E-state index contributed by atoms with van der Waals surface area (Å²) in [4.78, 5) is 24.5. The van der Waals surface area contributed by atoms with E-state index in [1.165, 1.54) is 0 Å². The second kappa shape index (κ2) is 5.89. The summed E-state index contributed by atoms with van der Waals surface area (Å²) in [6.45, 7) is -0.266. The molecule has 1 aliphatic rings. The van der Waals surface area contributed by atoms with Crippen LogP contribution in [0.3, 0.4) is 0 Å². The van der Waals surface area contributed by atoms with Crippen LogP contribution in [0.1, 0.15) is 23.3 Å². The van der Waals surface area contributed by atoms with Crippen LogP contribution in [0.5, 0.6) is 0 Å².